The van der Waals surface area contributed by atoms with Gasteiger partial charge < -0.3 is 5.73 Å². The van der Waals surface area contributed by atoms with Crippen LogP contribution >= 0.6 is 11.3 Å². The van der Waals surface area contributed by atoms with Crippen molar-refractivity contribution in [3.05, 3.63) is 35.1 Å². The van der Waals surface area contributed by atoms with Crippen LogP contribution < -0.4 is 10.5 Å². The SMILES string of the molecule is CC(=O)c1csc(NS(=O)(=O)c2ccc(N)c(F)c2)n1. The summed E-state index contributed by atoms with van der Waals surface area (Å²) in [5.41, 5.74) is 5.30. The van der Waals surface area contributed by atoms with Gasteiger partial charge in [-0.05, 0) is 18.2 Å². The smallest absolute Gasteiger partial charge is 0.263 e. The molecule has 1 aromatic carbocycles. The number of Topliss-reactive ketones (excluding diaryl/α,β-unsaturated/α-hetero) is 1. The molecule has 0 aliphatic heterocycles. The summed E-state index contributed by atoms with van der Waals surface area (Å²) in [7, 11) is -3.97. The number of nitrogens with one attached hydrogen (secondary N) is 1. The topological polar surface area (TPSA) is 102 Å². The van der Waals surface area contributed by atoms with Gasteiger partial charge in [-0.25, -0.2) is 17.8 Å². The number of nitrogens with zero attached hydrogens (tertiary/aromatic N) is 1. The van der Waals surface area contributed by atoms with Gasteiger partial charge in [0.05, 0.1) is 10.6 Å². The Morgan fingerprint density at radius 3 is 2.70 bits per heavy atom. The Hall–Kier alpha value is -2.00. The maximum Gasteiger partial charge on any atom is 0.263 e. The number of aromatic nitrogens is 1. The van der Waals surface area contributed by atoms with Crippen molar-refractivity contribution in [2.24, 2.45) is 0 Å². The van der Waals surface area contributed by atoms with Gasteiger partial charge in [0.25, 0.3) is 10.0 Å². The number of sulfonamides is 1. The number of carbonyl (C=O) groups excluding carboxylic acids is 1. The van der Waals surface area contributed by atoms with Gasteiger partial charge in [0.1, 0.15) is 11.5 Å². The minimum atomic E-state index is -3.97. The normalized spacial score (nSPS) is 11.3. The number of halogens is 1. The average molecular weight is 315 g/mol. The van der Waals surface area contributed by atoms with Crippen LogP contribution in [-0.4, -0.2) is 19.2 Å². The maximum atomic E-state index is 13.3. The molecule has 0 aliphatic carbocycles. The Kier molecular flexibility index (Phi) is 3.73. The highest BCUT2D eigenvalue weighted by molar-refractivity contribution is 7.93. The van der Waals surface area contributed by atoms with E-state index in [0.29, 0.717) is 0 Å². The van der Waals surface area contributed by atoms with Crippen molar-refractivity contribution in [1.29, 1.82) is 0 Å². The van der Waals surface area contributed by atoms with E-state index in [-0.39, 0.29) is 27.2 Å². The summed E-state index contributed by atoms with van der Waals surface area (Å²) < 4.78 is 39.5. The van der Waals surface area contributed by atoms with Crippen LogP contribution in [0.1, 0.15) is 17.4 Å². The minimum Gasteiger partial charge on any atom is -0.396 e. The first-order valence-corrected chi connectivity index (χ1v) is 7.70. The number of carbonyl (C=O) groups is 1. The molecule has 0 amide bonds. The van der Waals surface area contributed by atoms with E-state index >= 15 is 0 Å². The van der Waals surface area contributed by atoms with Crippen LogP contribution in [0.15, 0.2) is 28.5 Å². The molecular weight excluding hydrogens is 305 g/mol. The molecule has 3 N–H and O–H groups in total. The number of hydrogen-bond donors (Lipinski definition) is 2. The molecule has 0 bridgehead atoms. The zero-order valence-electron chi connectivity index (χ0n) is 10.3. The third-order valence-corrected chi connectivity index (χ3v) is 4.59. The van der Waals surface area contributed by atoms with Gasteiger partial charge in [0.2, 0.25) is 0 Å². The largest absolute Gasteiger partial charge is 0.396 e. The Morgan fingerprint density at radius 1 is 1.45 bits per heavy atom. The van der Waals surface area contributed by atoms with E-state index in [1.54, 1.807) is 0 Å². The summed E-state index contributed by atoms with van der Waals surface area (Å²) in [5.74, 6) is -1.10. The van der Waals surface area contributed by atoms with E-state index in [1.165, 1.54) is 18.4 Å². The zero-order chi connectivity index (χ0) is 14.9. The molecule has 1 heterocycles. The summed E-state index contributed by atoms with van der Waals surface area (Å²) in [4.78, 5) is 14.6. The molecule has 0 atom stereocenters. The number of benzene rings is 1. The van der Waals surface area contributed by atoms with Crippen LogP contribution in [0.25, 0.3) is 0 Å². The zero-order valence-corrected chi connectivity index (χ0v) is 11.9. The van der Waals surface area contributed by atoms with Crippen LogP contribution in [0.4, 0.5) is 15.2 Å². The van der Waals surface area contributed by atoms with E-state index < -0.39 is 15.8 Å². The highest BCUT2D eigenvalue weighted by Gasteiger charge is 2.18. The lowest BCUT2D eigenvalue weighted by atomic mass is 10.3. The fourth-order valence-corrected chi connectivity index (χ4v) is 3.34. The molecule has 0 spiro atoms. The van der Waals surface area contributed by atoms with Gasteiger partial charge in [-0.1, -0.05) is 0 Å². The second kappa shape index (κ2) is 5.17. The Bertz CT molecular complexity index is 771. The Morgan fingerprint density at radius 2 is 2.15 bits per heavy atom. The molecule has 2 rings (SSSR count). The molecule has 9 heteroatoms. The van der Waals surface area contributed by atoms with Crippen molar-refractivity contribution in [2.75, 3.05) is 10.5 Å². The first-order valence-electron chi connectivity index (χ1n) is 5.34. The quantitative estimate of drug-likeness (QED) is 0.662. The van der Waals surface area contributed by atoms with E-state index in [4.69, 9.17) is 5.73 Å². The van der Waals surface area contributed by atoms with Crippen LogP contribution in [0.5, 0.6) is 0 Å². The predicted octanol–water partition coefficient (Wildman–Crippen LogP) is 1.87. The van der Waals surface area contributed by atoms with Crippen LogP contribution in [0, 0.1) is 5.82 Å². The van der Waals surface area contributed by atoms with Gasteiger partial charge in [0.15, 0.2) is 10.9 Å². The van der Waals surface area contributed by atoms with Gasteiger partial charge >= 0.3 is 0 Å². The highest BCUT2D eigenvalue weighted by Crippen LogP contribution is 2.22. The number of ketones is 1. The molecule has 2 aromatic rings. The standard InChI is InChI=1S/C11H10FN3O3S2/c1-6(16)10-5-19-11(14-10)15-20(17,18)7-2-3-9(13)8(12)4-7/h2-5H,13H2,1H3,(H,14,15). The van der Waals surface area contributed by atoms with E-state index in [1.807, 2.05) is 0 Å². The van der Waals surface area contributed by atoms with Crippen LogP contribution in [-0.2, 0) is 10.0 Å². The molecule has 0 unspecified atom stereocenters. The van der Waals surface area contributed by atoms with Crippen molar-refractivity contribution >= 4 is 38.0 Å². The Labute approximate surface area is 118 Å². The van der Waals surface area contributed by atoms with Gasteiger partial charge in [-0.15, -0.1) is 11.3 Å². The first-order chi connectivity index (χ1) is 9.29. The van der Waals surface area contributed by atoms with Crippen LogP contribution in [0.3, 0.4) is 0 Å². The van der Waals surface area contributed by atoms with Crippen molar-refractivity contribution < 1.29 is 17.6 Å². The second-order valence-corrected chi connectivity index (χ2v) is 6.42. The van der Waals surface area contributed by atoms with Crippen LogP contribution in [0.2, 0.25) is 0 Å². The predicted molar refractivity (Wildman–Crippen MR) is 73.7 cm³/mol. The molecule has 0 radical (unpaired) electrons. The maximum absolute atomic E-state index is 13.3. The lowest BCUT2D eigenvalue weighted by Gasteiger charge is -2.06. The number of nitrogens with two attached hydrogens (primary N) is 1. The summed E-state index contributed by atoms with van der Waals surface area (Å²) in [6.45, 7) is 1.32. The molecule has 6 nitrogen and oxygen atoms in total. The molecule has 0 saturated heterocycles. The minimum absolute atomic E-state index is 0.0347. The summed E-state index contributed by atoms with van der Waals surface area (Å²) in [6.07, 6.45) is 0. The third-order valence-electron chi connectivity index (χ3n) is 2.37. The monoisotopic (exact) mass is 315 g/mol. The molecule has 0 fully saturated rings. The second-order valence-electron chi connectivity index (χ2n) is 3.88. The molecule has 0 aliphatic rings. The summed E-state index contributed by atoms with van der Waals surface area (Å²) in [6, 6.07) is 3.16. The summed E-state index contributed by atoms with van der Waals surface area (Å²) >= 11 is 0.966. The van der Waals surface area contributed by atoms with Crippen molar-refractivity contribution in [2.45, 2.75) is 11.8 Å². The number of thiazole rings is 1. The number of anilines is 2. The fraction of sp³-hybridized carbons (Fsp3) is 0.0909. The summed E-state index contributed by atoms with van der Waals surface area (Å²) in [5, 5.41) is 1.47. The first kappa shape index (κ1) is 14.4. The highest BCUT2D eigenvalue weighted by atomic mass is 32.2. The van der Waals surface area contributed by atoms with E-state index in [9.17, 15) is 17.6 Å². The fourth-order valence-electron chi connectivity index (χ4n) is 1.33. The molecule has 0 saturated carbocycles. The number of rotatable bonds is 4. The number of nitrogen functional groups attached to an aromatic ring is 1. The molecule has 20 heavy (non-hydrogen) atoms. The van der Waals surface area contributed by atoms with Crippen molar-refractivity contribution in [3.63, 3.8) is 0 Å². The lowest BCUT2D eigenvalue weighted by molar-refractivity contribution is 0.101. The van der Waals surface area contributed by atoms with Gasteiger partial charge in [-0.2, -0.15) is 0 Å². The van der Waals surface area contributed by atoms with E-state index in [0.717, 1.165) is 23.5 Å². The number of hydrogen-bond acceptors (Lipinski definition) is 6. The molecule has 106 valence electrons. The molecular formula is C11H10FN3O3S2. The van der Waals surface area contributed by atoms with E-state index in [2.05, 4.69) is 9.71 Å². The van der Waals surface area contributed by atoms with Gasteiger partial charge in [-0.3, -0.25) is 9.52 Å². The average Bonchev–Trinajstić information content (AvgIpc) is 2.80. The lowest BCUT2D eigenvalue weighted by Crippen LogP contribution is -2.13. The van der Waals surface area contributed by atoms with Crippen molar-refractivity contribution in [3.8, 4) is 0 Å². The third kappa shape index (κ3) is 2.94. The molecule has 1 aromatic heterocycles. The van der Waals surface area contributed by atoms with Gasteiger partial charge in [0, 0.05) is 12.3 Å². The van der Waals surface area contributed by atoms with Crippen molar-refractivity contribution in [1.82, 2.24) is 4.98 Å². The Balaban J connectivity index is 2.30.